The van der Waals surface area contributed by atoms with Crippen molar-refractivity contribution in [3.05, 3.63) is 63.9 Å². The van der Waals surface area contributed by atoms with Crippen LogP contribution >= 0.6 is 23.4 Å². The fourth-order valence-electron chi connectivity index (χ4n) is 2.35. The zero-order chi connectivity index (χ0) is 20.1. The van der Waals surface area contributed by atoms with Crippen LogP contribution in [0.25, 0.3) is 0 Å². The molecule has 1 aromatic heterocycles. The number of benzene rings is 2. The van der Waals surface area contributed by atoms with Crippen LogP contribution in [0, 0.1) is 10.1 Å². The molecule has 0 atom stereocenters. The van der Waals surface area contributed by atoms with Gasteiger partial charge in [0.15, 0.2) is 5.03 Å². The third-order valence-electron chi connectivity index (χ3n) is 3.66. The Bertz CT molecular complexity index is 1000. The number of nitrogens with zero attached hydrogens (tertiary/aromatic N) is 3. The molecule has 28 heavy (non-hydrogen) atoms. The number of hydrogen-bond acceptors (Lipinski definition) is 8. The third kappa shape index (κ3) is 4.44. The lowest BCUT2D eigenvalue weighted by molar-refractivity contribution is -0.387. The maximum atomic E-state index is 11.7. The summed E-state index contributed by atoms with van der Waals surface area (Å²) >= 11 is 7.04. The number of nitro groups is 1. The van der Waals surface area contributed by atoms with Gasteiger partial charge < -0.3 is 14.8 Å². The Morgan fingerprint density at radius 1 is 1.11 bits per heavy atom. The summed E-state index contributed by atoms with van der Waals surface area (Å²) in [6.45, 7) is 0. The predicted molar refractivity (Wildman–Crippen MR) is 107 cm³/mol. The zero-order valence-electron chi connectivity index (χ0n) is 14.9. The maximum Gasteiger partial charge on any atom is 0.343 e. The molecule has 8 nitrogen and oxygen atoms in total. The van der Waals surface area contributed by atoms with Crippen LogP contribution in [-0.4, -0.2) is 29.1 Å². The Labute approximate surface area is 170 Å². The summed E-state index contributed by atoms with van der Waals surface area (Å²) in [4.78, 5) is 20.1. The van der Waals surface area contributed by atoms with Crippen LogP contribution in [0.1, 0.15) is 0 Å². The van der Waals surface area contributed by atoms with Gasteiger partial charge in [-0.05, 0) is 36.4 Å². The van der Waals surface area contributed by atoms with E-state index in [1.54, 1.807) is 42.5 Å². The first-order chi connectivity index (χ1) is 13.5. The van der Waals surface area contributed by atoms with E-state index < -0.39 is 4.92 Å². The summed E-state index contributed by atoms with van der Waals surface area (Å²) in [5.41, 5.74) is 0.235. The molecule has 144 valence electrons. The predicted octanol–water partition coefficient (Wildman–Crippen LogP) is 4.95. The molecule has 1 N–H and O–H groups in total. The summed E-state index contributed by atoms with van der Waals surface area (Å²) in [5, 5.41) is 15.5. The van der Waals surface area contributed by atoms with E-state index in [-0.39, 0.29) is 16.5 Å². The van der Waals surface area contributed by atoms with Gasteiger partial charge in [-0.15, -0.1) is 0 Å². The van der Waals surface area contributed by atoms with Crippen LogP contribution in [0.5, 0.6) is 11.5 Å². The second-order valence-corrected chi connectivity index (χ2v) is 6.88. The molecule has 0 spiro atoms. The number of ether oxygens (including phenoxy) is 2. The van der Waals surface area contributed by atoms with Crippen molar-refractivity contribution >= 4 is 40.6 Å². The molecule has 0 aliphatic rings. The molecule has 2 aromatic carbocycles. The molecule has 0 unspecified atom stereocenters. The molecular formula is C18H15ClN4O4S. The van der Waals surface area contributed by atoms with Crippen molar-refractivity contribution in [2.75, 3.05) is 19.5 Å². The lowest BCUT2D eigenvalue weighted by atomic mass is 10.2. The molecule has 0 bridgehead atoms. The van der Waals surface area contributed by atoms with E-state index in [1.807, 2.05) is 0 Å². The van der Waals surface area contributed by atoms with Gasteiger partial charge in [-0.3, -0.25) is 10.1 Å². The molecule has 3 rings (SSSR count). The highest BCUT2D eigenvalue weighted by Crippen LogP contribution is 2.39. The van der Waals surface area contributed by atoms with Crippen LogP contribution in [0.3, 0.4) is 0 Å². The average molecular weight is 419 g/mol. The van der Waals surface area contributed by atoms with Crippen molar-refractivity contribution in [3.8, 4) is 11.5 Å². The lowest BCUT2D eigenvalue weighted by Crippen LogP contribution is -2.04. The van der Waals surface area contributed by atoms with Gasteiger partial charge in [0.05, 0.1) is 24.8 Å². The van der Waals surface area contributed by atoms with Gasteiger partial charge in [-0.1, -0.05) is 23.4 Å². The van der Waals surface area contributed by atoms with E-state index >= 15 is 0 Å². The molecular weight excluding hydrogens is 404 g/mol. The molecule has 3 aromatic rings. The van der Waals surface area contributed by atoms with Crippen LogP contribution in [0.2, 0.25) is 5.02 Å². The summed E-state index contributed by atoms with van der Waals surface area (Å²) in [5.74, 6) is 1.10. The number of nitrogens with one attached hydrogen (secondary N) is 1. The standard InChI is InChI=1S/C18H15ClN4O4S/c1-26-12-5-8-15(27-2)14(9-12)22-17-16(23(24)25)18(21-10-20-17)28-13-6-3-11(19)4-7-13/h3-10H,1-2H3,(H,20,21,22). The van der Waals surface area contributed by atoms with E-state index in [9.17, 15) is 10.1 Å². The first-order valence-electron chi connectivity index (χ1n) is 7.93. The van der Waals surface area contributed by atoms with Crippen molar-refractivity contribution in [2.45, 2.75) is 9.92 Å². The van der Waals surface area contributed by atoms with Crippen molar-refractivity contribution < 1.29 is 14.4 Å². The fraction of sp³-hybridized carbons (Fsp3) is 0.111. The molecule has 0 aliphatic carbocycles. The van der Waals surface area contributed by atoms with Gasteiger partial charge in [0.25, 0.3) is 0 Å². The summed E-state index contributed by atoms with van der Waals surface area (Å²) in [6, 6.07) is 12.0. The average Bonchev–Trinajstić information content (AvgIpc) is 2.69. The van der Waals surface area contributed by atoms with Gasteiger partial charge >= 0.3 is 5.69 Å². The minimum absolute atomic E-state index is 0.0445. The number of anilines is 2. The Hall–Kier alpha value is -3.04. The highest BCUT2D eigenvalue weighted by molar-refractivity contribution is 7.99. The minimum Gasteiger partial charge on any atom is -0.497 e. The highest BCUT2D eigenvalue weighted by atomic mass is 35.5. The topological polar surface area (TPSA) is 99.4 Å². The first-order valence-corrected chi connectivity index (χ1v) is 9.13. The SMILES string of the molecule is COc1ccc(OC)c(Nc2ncnc(Sc3ccc(Cl)cc3)c2[N+](=O)[O-])c1. The van der Waals surface area contributed by atoms with E-state index in [0.717, 1.165) is 16.7 Å². The molecule has 0 amide bonds. The second-order valence-electron chi connectivity index (χ2n) is 5.38. The van der Waals surface area contributed by atoms with Crippen LogP contribution < -0.4 is 14.8 Å². The monoisotopic (exact) mass is 418 g/mol. The second kappa shape index (κ2) is 8.77. The maximum absolute atomic E-state index is 11.7. The Balaban J connectivity index is 2.00. The molecule has 10 heteroatoms. The number of rotatable bonds is 7. The van der Waals surface area contributed by atoms with Crippen LogP contribution in [0.15, 0.2) is 58.7 Å². The molecule has 0 saturated carbocycles. The smallest absolute Gasteiger partial charge is 0.343 e. The van der Waals surface area contributed by atoms with Gasteiger partial charge in [0.2, 0.25) is 5.82 Å². The Morgan fingerprint density at radius 2 is 1.86 bits per heavy atom. The van der Waals surface area contributed by atoms with Crippen molar-refractivity contribution in [1.29, 1.82) is 0 Å². The number of hydrogen-bond donors (Lipinski definition) is 1. The van der Waals surface area contributed by atoms with Crippen molar-refractivity contribution in [3.63, 3.8) is 0 Å². The Morgan fingerprint density at radius 3 is 2.50 bits per heavy atom. The zero-order valence-corrected chi connectivity index (χ0v) is 16.5. The minimum atomic E-state index is -0.521. The summed E-state index contributed by atoms with van der Waals surface area (Å²) < 4.78 is 10.5. The van der Waals surface area contributed by atoms with E-state index in [2.05, 4.69) is 15.3 Å². The fourth-order valence-corrected chi connectivity index (χ4v) is 3.34. The summed E-state index contributed by atoms with van der Waals surface area (Å²) in [6.07, 6.45) is 1.26. The number of halogens is 1. The molecule has 0 saturated heterocycles. The van der Waals surface area contributed by atoms with Crippen molar-refractivity contribution in [1.82, 2.24) is 9.97 Å². The van der Waals surface area contributed by atoms with E-state index in [0.29, 0.717) is 22.2 Å². The van der Waals surface area contributed by atoms with E-state index in [4.69, 9.17) is 21.1 Å². The lowest BCUT2D eigenvalue weighted by Gasteiger charge is -2.13. The van der Waals surface area contributed by atoms with Crippen LogP contribution in [-0.2, 0) is 0 Å². The first kappa shape index (κ1) is 19.7. The molecule has 0 fully saturated rings. The van der Waals surface area contributed by atoms with E-state index in [1.165, 1.54) is 20.5 Å². The highest BCUT2D eigenvalue weighted by Gasteiger charge is 2.24. The summed E-state index contributed by atoms with van der Waals surface area (Å²) in [7, 11) is 3.03. The molecule has 1 heterocycles. The van der Waals surface area contributed by atoms with Gasteiger partial charge in [0, 0.05) is 16.0 Å². The quantitative estimate of drug-likeness (QED) is 0.327. The molecule has 0 aliphatic heterocycles. The molecule has 0 radical (unpaired) electrons. The van der Waals surface area contributed by atoms with Gasteiger partial charge in [-0.25, -0.2) is 9.97 Å². The van der Waals surface area contributed by atoms with Gasteiger partial charge in [-0.2, -0.15) is 0 Å². The normalized spacial score (nSPS) is 10.4. The number of aromatic nitrogens is 2. The largest absolute Gasteiger partial charge is 0.497 e. The third-order valence-corrected chi connectivity index (χ3v) is 4.91. The number of methoxy groups -OCH3 is 2. The van der Waals surface area contributed by atoms with Gasteiger partial charge in [0.1, 0.15) is 17.8 Å². The van der Waals surface area contributed by atoms with Crippen molar-refractivity contribution in [2.24, 2.45) is 0 Å². The Kier molecular flexibility index (Phi) is 6.17. The van der Waals surface area contributed by atoms with Crippen LogP contribution in [0.4, 0.5) is 17.2 Å².